The number of thiophene rings is 1. The quantitative estimate of drug-likeness (QED) is 0.853. The van der Waals surface area contributed by atoms with E-state index in [0.717, 1.165) is 20.3 Å². The van der Waals surface area contributed by atoms with Gasteiger partial charge in [-0.25, -0.2) is 8.78 Å². The van der Waals surface area contributed by atoms with Crippen molar-refractivity contribution in [2.24, 2.45) is 0 Å². The Balaban J connectivity index is 2.26. The van der Waals surface area contributed by atoms with Crippen LogP contribution in [0.3, 0.4) is 0 Å². The van der Waals surface area contributed by atoms with Gasteiger partial charge in [0.25, 0.3) is 0 Å². The van der Waals surface area contributed by atoms with Crippen LogP contribution in [0.1, 0.15) is 22.0 Å². The molecule has 0 amide bonds. The maximum Gasteiger partial charge on any atom is 0.126 e. The van der Waals surface area contributed by atoms with E-state index in [0.29, 0.717) is 12.0 Å². The molecular formula is C14H14BrF2NS. The van der Waals surface area contributed by atoms with Crippen molar-refractivity contribution in [3.63, 3.8) is 0 Å². The first-order valence-corrected chi connectivity index (χ1v) is 7.49. The van der Waals surface area contributed by atoms with Gasteiger partial charge in [0.1, 0.15) is 11.6 Å². The maximum absolute atomic E-state index is 13.7. The van der Waals surface area contributed by atoms with Gasteiger partial charge in [-0.2, -0.15) is 0 Å². The fourth-order valence-corrected chi connectivity index (χ4v) is 3.60. The minimum atomic E-state index is -0.408. The average molecular weight is 346 g/mol. The number of benzene rings is 1. The van der Waals surface area contributed by atoms with Crippen LogP contribution in [-0.4, -0.2) is 7.05 Å². The molecule has 0 aliphatic heterocycles. The average Bonchev–Trinajstić information content (AvgIpc) is 2.70. The van der Waals surface area contributed by atoms with Crippen LogP contribution >= 0.6 is 27.3 Å². The molecule has 0 bridgehead atoms. The molecule has 1 N–H and O–H groups in total. The predicted octanol–water partition coefficient (Wildman–Crippen LogP) is 4.60. The summed E-state index contributed by atoms with van der Waals surface area (Å²) in [5.41, 5.74) is 1.54. The number of hydrogen-bond donors (Lipinski definition) is 1. The van der Waals surface area contributed by atoms with Crippen molar-refractivity contribution in [2.45, 2.75) is 19.4 Å². The molecule has 1 nitrogen and oxygen atoms in total. The zero-order valence-electron chi connectivity index (χ0n) is 10.6. The molecule has 1 aromatic carbocycles. The van der Waals surface area contributed by atoms with Gasteiger partial charge >= 0.3 is 0 Å². The van der Waals surface area contributed by atoms with Crippen molar-refractivity contribution in [2.75, 3.05) is 7.05 Å². The standard InChI is InChI=1S/C14H14BrF2NS/c1-8-5-13(19-14(8)15)12(18-2)7-9-6-10(16)3-4-11(9)17/h3-6,12,18H,7H2,1-2H3. The van der Waals surface area contributed by atoms with Crippen LogP contribution in [0.2, 0.25) is 0 Å². The summed E-state index contributed by atoms with van der Waals surface area (Å²) in [6.07, 6.45) is 0.423. The highest BCUT2D eigenvalue weighted by Crippen LogP contribution is 2.33. The number of rotatable bonds is 4. The van der Waals surface area contributed by atoms with E-state index in [9.17, 15) is 8.78 Å². The zero-order chi connectivity index (χ0) is 14.0. The lowest BCUT2D eigenvalue weighted by molar-refractivity contribution is 0.548. The Morgan fingerprint density at radius 2 is 2.05 bits per heavy atom. The summed E-state index contributed by atoms with van der Waals surface area (Å²) in [6, 6.07) is 5.61. The number of halogens is 3. The molecule has 2 aromatic rings. The van der Waals surface area contributed by atoms with Gasteiger partial charge in [-0.15, -0.1) is 11.3 Å². The molecule has 1 unspecified atom stereocenters. The summed E-state index contributed by atoms with van der Waals surface area (Å²) >= 11 is 5.10. The lowest BCUT2D eigenvalue weighted by Crippen LogP contribution is -2.18. The molecule has 5 heteroatoms. The number of likely N-dealkylation sites (N-methyl/N-ethyl adjacent to an activating group) is 1. The van der Waals surface area contributed by atoms with Crippen LogP contribution in [0.15, 0.2) is 28.1 Å². The summed E-state index contributed by atoms with van der Waals surface area (Å²) in [5.74, 6) is -0.774. The molecule has 0 saturated heterocycles. The van der Waals surface area contributed by atoms with Crippen LogP contribution in [0.25, 0.3) is 0 Å². The Bertz CT molecular complexity index is 563. The number of hydrogen-bond acceptors (Lipinski definition) is 2. The molecule has 102 valence electrons. The first kappa shape index (κ1) is 14.6. The first-order valence-electron chi connectivity index (χ1n) is 5.88. The largest absolute Gasteiger partial charge is 0.312 e. The van der Waals surface area contributed by atoms with E-state index in [1.165, 1.54) is 12.1 Å². The van der Waals surface area contributed by atoms with Gasteiger partial charge < -0.3 is 5.32 Å². The van der Waals surface area contributed by atoms with Gasteiger partial charge in [0.2, 0.25) is 0 Å². The van der Waals surface area contributed by atoms with Crippen molar-refractivity contribution >= 4 is 27.3 Å². The molecule has 0 radical (unpaired) electrons. The third kappa shape index (κ3) is 3.41. The topological polar surface area (TPSA) is 12.0 Å². The lowest BCUT2D eigenvalue weighted by atomic mass is 10.0. The predicted molar refractivity (Wildman–Crippen MR) is 78.6 cm³/mol. The Labute approximate surface area is 123 Å². The highest BCUT2D eigenvalue weighted by Gasteiger charge is 2.16. The third-order valence-corrected chi connectivity index (χ3v) is 5.25. The van der Waals surface area contributed by atoms with Gasteiger partial charge in [0.15, 0.2) is 0 Å². The van der Waals surface area contributed by atoms with E-state index < -0.39 is 5.82 Å². The van der Waals surface area contributed by atoms with Crippen LogP contribution < -0.4 is 5.32 Å². The van der Waals surface area contributed by atoms with Crippen LogP contribution in [0, 0.1) is 18.6 Å². The molecule has 0 fully saturated rings. The number of nitrogens with one attached hydrogen (secondary N) is 1. The third-order valence-electron chi connectivity index (χ3n) is 3.00. The molecule has 1 heterocycles. The number of aryl methyl sites for hydroxylation is 1. The summed E-state index contributed by atoms with van der Waals surface area (Å²) in [7, 11) is 1.82. The van der Waals surface area contributed by atoms with E-state index in [2.05, 4.69) is 27.3 Å². The fraction of sp³-hybridized carbons (Fsp3) is 0.286. The first-order chi connectivity index (χ1) is 9.01. The summed E-state index contributed by atoms with van der Waals surface area (Å²) in [4.78, 5) is 1.11. The monoisotopic (exact) mass is 345 g/mol. The zero-order valence-corrected chi connectivity index (χ0v) is 13.0. The molecule has 0 saturated carbocycles. The van der Waals surface area contributed by atoms with Crippen LogP contribution in [-0.2, 0) is 6.42 Å². The van der Waals surface area contributed by atoms with Crippen molar-refractivity contribution in [1.82, 2.24) is 5.32 Å². The minimum absolute atomic E-state index is 0.0219. The highest BCUT2D eigenvalue weighted by molar-refractivity contribution is 9.11. The normalized spacial score (nSPS) is 12.7. The van der Waals surface area contributed by atoms with Crippen molar-refractivity contribution in [3.05, 3.63) is 55.7 Å². The lowest BCUT2D eigenvalue weighted by Gasteiger charge is -2.15. The van der Waals surface area contributed by atoms with Gasteiger partial charge in [-0.3, -0.25) is 0 Å². The molecule has 0 spiro atoms. The van der Waals surface area contributed by atoms with Gasteiger partial charge in [0, 0.05) is 10.9 Å². The molecular weight excluding hydrogens is 332 g/mol. The molecule has 1 aromatic heterocycles. The molecule has 1 atom stereocenters. The summed E-state index contributed by atoms with van der Waals surface area (Å²) in [6.45, 7) is 2.01. The maximum atomic E-state index is 13.7. The van der Waals surface area contributed by atoms with Crippen LogP contribution in [0.5, 0.6) is 0 Å². The molecule has 0 aliphatic carbocycles. The molecule has 0 aliphatic rings. The van der Waals surface area contributed by atoms with E-state index in [1.54, 1.807) is 11.3 Å². The SMILES string of the molecule is CNC(Cc1cc(F)ccc1F)c1cc(C)c(Br)s1. The van der Waals surface area contributed by atoms with E-state index >= 15 is 0 Å². The second-order valence-electron chi connectivity index (χ2n) is 4.39. The summed E-state index contributed by atoms with van der Waals surface area (Å²) < 4.78 is 27.9. The van der Waals surface area contributed by atoms with Crippen molar-refractivity contribution in [3.8, 4) is 0 Å². The van der Waals surface area contributed by atoms with E-state index in [-0.39, 0.29) is 11.9 Å². The molecule has 2 rings (SSSR count). The van der Waals surface area contributed by atoms with Gasteiger partial charge in [-0.1, -0.05) is 0 Å². The second-order valence-corrected chi connectivity index (χ2v) is 6.79. The van der Waals surface area contributed by atoms with Gasteiger partial charge in [0.05, 0.1) is 3.79 Å². The minimum Gasteiger partial charge on any atom is -0.312 e. The summed E-state index contributed by atoms with van der Waals surface area (Å²) in [5, 5.41) is 3.15. The van der Waals surface area contributed by atoms with E-state index in [1.807, 2.05) is 14.0 Å². The fourth-order valence-electron chi connectivity index (χ4n) is 1.92. The van der Waals surface area contributed by atoms with Gasteiger partial charge in [-0.05, 0) is 71.7 Å². The van der Waals surface area contributed by atoms with Crippen molar-refractivity contribution < 1.29 is 8.78 Å². The Hall–Kier alpha value is -0.780. The van der Waals surface area contributed by atoms with E-state index in [4.69, 9.17) is 0 Å². The smallest absolute Gasteiger partial charge is 0.126 e. The molecule has 19 heavy (non-hydrogen) atoms. The second kappa shape index (κ2) is 6.11. The van der Waals surface area contributed by atoms with Crippen LogP contribution in [0.4, 0.5) is 8.78 Å². The van der Waals surface area contributed by atoms with Crippen molar-refractivity contribution in [1.29, 1.82) is 0 Å². The Morgan fingerprint density at radius 1 is 1.32 bits per heavy atom. The Kier molecular flexibility index (Phi) is 4.71. The highest BCUT2D eigenvalue weighted by atomic mass is 79.9. The Morgan fingerprint density at radius 3 is 2.63 bits per heavy atom.